The Hall–Kier alpha value is -1.03. The minimum Gasteiger partial charge on any atom is -0.284 e. The van der Waals surface area contributed by atoms with Crippen LogP contribution in [0.2, 0.25) is 0 Å². The van der Waals surface area contributed by atoms with E-state index in [0.29, 0.717) is 6.42 Å². The monoisotopic (exact) mass is 248 g/mol. The average molecular weight is 248 g/mol. The normalized spacial score (nSPS) is 10.6. The van der Waals surface area contributed by atoms with Crippen LogP contribution in [0.15, 0.2) is 12.7 Å². The zero-order valence-corrected chi connectivity index (χ0v) is 12.3. The number of hydrogen-bond donors (Lipinski definition) is 0. The zero-order chi connectivity index (χ0) is 13.9. The molecule has 102 valence electrons. The van der Waals surface area contributed by atoms with E-state index < -0.39 is 0 Å². The van der Waals surface area contributed by atoms with Gasteiger partial charge in [-0.05, 0) is 18.8 Å². The van der Waals surface area contributed by atoms with Gasteiger partial charge < -0.3 is 0 Å². The van der Waals surface area contributed by atoms with Crippen molar-refractivity contribution in [1.82, 2.24) is 0 Å². The second-order valence-electron chi connectivity index (χ2n) is 5.53. The van der Waals surface area contributed by atoms with E-state index in [-0.39, 0.29) is 11.2 Å². The van der Waals surface area contributed by atoms with Crippen molar-refractivity contribution < 1.29 is 4.79 Å². The van der Waals surface area contributed by atoms with E-state index in [9.17, 15) is 4.79 Å². The maximum Gasteiger partial charge on any atom is 0.211 e. The number of ketones is 1. The van der Waals surface area contributed by atoms with Crippen LogP contribution in [0.5, 0.6) is 0 Å². The lowest BCUT2D eigenvalue weighted by Crippen LogP contribution is -2.21. The van der Waals surface area contributed by atoms with Gasteiger partial charge in [-0.15, -0.1) is 6.58 Å². The molecule has 0 aliphatic carbocycles. The molecule has 0 aromatic rings. The molecule has 0 aliphatic rings. The molecule has 0 heterocycles. The maximum absolute atomic E-state index is 11.8. The number of hydrogen-bond acceptors (Lipinski definition) is 1. The fourth-order valence-electron chi connectivity index (χ4n) is 1.76. The fourth-order valence-corrected chi connectivity index (χ4v) is 1.76. The van der Waals surface area contributed by atoms with Crippen molar-refractivity contribution >= 4 is 5.78 Å². The maximum atomic E-state index is 11.8. The summed E-state index contributed by atoms with van der Waals surface area (Å²) < 4.78 is 0. The first-order valence-electron chi connectivity index (χ1n) is 7.18. The summed E-state index contributed by atoms with van der Waals surface area (Å²) in [5, 5.41) is 0. The van der Waals surface area contributed by atoms with Crippen molar-refractivity contribution in [3.8, 4) is 11.8 Å². The Morgan fingerprint density at radius 2 is 1.78 bits per heavy atom. The third-order valence-corrected chi connectivity index (χ3v) is 3.13. The van der Waals surface area contributed by atoms with Crippen LogP contribution >= 0.6 is 0 Å². The largest absolute Gasteiger partial charge is 0.284 e. The van der Waals surface area contributed by atoms with Gasteiger partial charge in [0.05, 0.1) is 0 Å². The van der Waals surface area contributed by atoms with Gasteiger partial charge in [-0.1, -0.05) is 64.9 Å². The van der Waals surface area contributed by atoms with Crippen LogP contribution in [0.4, 0.5) is 0 Å². The van der Waals surface area contributed by atoms with Crippen LogP contribution in [-0.2, 0) is 4.79 Å². The van der Waals surface area contributed by atoms with E-state index in [0.717, 1.165) is 12.8 Å². The molecule has 0 saturated carbocycles. The topological polar surface area (TPSA) is 17.1 Å². The number of allylic oxidation sites excluding steroid dienone is 1. The highest BCUT2D eigenvalue weighted by Crippen LogP contribution is 2.21. The van der Waals surface area contributed by atoms with Gasteiger partial charge in [-0.3, -0.25) is 4.79 Å². The summed E-state index contributed by atoms with van der Waals surface area (Å²) in [6.45, 7) is 9.75. The Bertz CT molecular complexity index is 301. The summed E-state index contributed by atoms with van der Waals surface area (Å²) in [6, 6.07) is 0. The van der Waals surface area contributed by atoms with Crippen LogP contribution in [0.3, 0.4) is 0 Å². The molecule has 0 N–H and O–H groups in total. The van der Waals surface area contributed by atoms with Gasteiger partial charge >= 0.3 is 0 Å². The van der Waals surface area contributed by atoms with E-state index in [1.807, 2.05) is 13.8 Å². The summed E-state index contributed by atoms with van der Waals surface area (Å²) in [5.41, 5.74) is -0.379. The first-order chi connectivity index (χ1) is 8.54. The molecule has 0 aromatic carbocycles. The number of unbranched alkanes of at least 4 members (excludes halogenated alkanes) is 6. The average Bonchev–Trinajstić information content (AvgIpc) is 2.32. The minimum atomic E-state index is -0.379. The van der Waals surface area contributed by atoms with Crippen LogP contribution in [-0.4, -0.2) is 5.78 Å². The Morgan fingerprint density at radius 3 is 2.39 bits per heavy atom. The molecule has 0 aliphatic heterocycles. The lowest BCUT2D eigenvalue weighted by atomic mass is 9.85. The molecule has 18 heavy (non-hydrogen) atoms. The molecule has 0 bridgehead atoms. The highest BCUT2D eigenvalue weighted by Gasteiger charge is 2.23. The van der Waals surface area contributed by atoms with Gasteiger partial charge in [-0.25, -0.2) is 0 Å². The standard InChI is InChI=1S/C17H28O/c1-5-7-8-9-10-11-12-13-14-16(18)17(3,4)15-6-2/h6H,2,5,7-12,15H2,1,3-4H3. The zero-order valence-electron chi connectivity index (χ0n) is 12.3. The molecular formula is C17H28O. The second kappa shape index (κ2) is 9.95. The number of carbonyl (C=O) groups is 1. The Balaban J connectivity index is 3.77. The van der Waals surface area contributed by atoms with E-state index in [4.69, 9.17) is 0 Å². The molecule has 0 rings (SSSR count). The molecule has 0 spiro atoms. The van der Waals surface area contributed by atoms with E-state index >= 15 is 0 Å². The summed E-state index contributed by atoms with van der Waals surface area (Å²) in [5.74, 6) is 5.82. The predicted octanol–water partition coefficient (Wildman–Crippen LogP) is 4.91. The molecule has 0 saturated heterocycles. The van der Waals surface area contributed by atoms with E-state index in [1.54, 1.807) is 6.08 Å². The lowest BCUT2D eigenvalue weighted by molar-refractivity contribution is -0.121. The third kappa shape index (κ3) is 8.12. The predicted molar refractivity (Wildman–Crippen MR) is 79.4 cm³/mol. The van der Waals surface area contributed by atoms with E-state index in [1.165, 1.54) is 32.1 Å². The van der Waals surface area contributed by atoms with Gasteiger partial charge in [0.2, 0.25) is 5.78 Å². The summed E-state index contributed by atoms with van der Waals surface area (Å²) in [7, 11) is 0. The van der Waals surface area contributed by atoms with Crippen LogP contribution in [0.1, 0.15) is 72.1 Å². The minimum absolute atomic E-state index is 0.0355. The fraction of sp³-hybridized carbons (Fsp3) is 0.706. The molecule has 0 fully saturated rings. The molecule has 1 nitrogen and oxygen atoms in total. The highest BCUT2D eigenvalue weighted by molar-refractivity contribution is 5.99. The van der Waals surface area contributed by atoms with Crippen LogP contribution < -0.4 is 0 Å². The number of carbonyl (C=O) groups excluding carboxylic acids is 1. The number of Topliss-reactive ketones (excluding diaryl/α,β-unsaturated/α-hetero) is 1. The number of rotatable bonds is 9. The first kappa shape index (κ1) is 17.0. The highest BCUT2D eigenvalue weighted by atomic mass is 16.1. The van der Waals surface area contributed by atoms with Gasteiger partial charge in [0.1, 0.15) is 0 Å². The third-order valence-electron chi connectivity index (χ3n) is 3.13. The SMILES string of the molecule is C=CCC(C)(C)C(=O)C#CCCCCCCCC. The quantitative estimate of drug-likeness (QED) is 0.245. The van der Waals surface area contributed by atoms with Crippen molar-refractivity contribution in [1.29, 1.82) is 0 Å². The lowest BCUT2D eigenvalue weighted by Gasteiger charge is -2.16. The molecule has 1 heteroatoms. The van der Waals surface area contributed by atoms with Gasteiger partial charge in [0.25, 0.3) is 0 Å². The Labute approximate surface area is 113 Å². The Kier molecular flexibility index (Phi) is 9.38. The van der Waals surface area contributed by atoms with Crippen molar-refractivity contribution in [2.45, 2.75) is 72.1 Å². The van der Waals surface area contributed by atoms with Crippen molar-refractivity contribution in [3.05, 3.63) is 12.7 Å². The van der Waals surface area contributed by atoms with E-state index in [2.05, 4.69) is 25.3 Å². The summed E-state index contributed by atoms with van der Waals surface area (Å²) >= 11 is 0. The first-order valence-corrected chi connectivity index (χ1v) is 7.18. The molecule has 0 radical (unpaired) electrons. The summed E-state index contributed by atoms with van der Waals surface area (Å²) in [4.78, 5) is 11.8. The summed E-state index contributed by atoms with van der Waals surface area (Å²) in [6.07, 6.45) is 10.9. The van der Waals surface area contributed by atoms with Gasteiger partial charge in [0, 0.05) is 11.8 Å². The van der Waals surface area contributed by atoms with Gasteiger partial charge in [-0.2, -0.15) is 0 Å². The molecule has 0 aromatic heterocycles. The Morgan fingerprint density at radius 1 is 1.17 bits per heavy atom. The van der Waals surface area contributed by atoms with Crippen molar-refractivity contribution in [2.75, 3.05) is 0 Å². The van der Waals surface area contributed by atoms with Crippen LogP contribution in [0, 0.1) is 17.3 Å². The molecule has 0 amide bonds. The molecule has 0 unspecified atom stereocenters. The van der Waals surface area contributed by atoms with Crippen LogP contribution in [0.25, 0.3) is 0 Å². The second-order valence-corrected chi connectivity index (χ2v) is 5.53. The molecule has 0 atom stereocenters. The van der Waals surface area contributed by atoms with Crippen molar-refractivity contribution in [2.24, 2.45) is 5.41 Å². The van der Waals surface area contributed by atoms with Gasteiger partial charge in [0.15, 0.2) is 0 Å². The molecular weight excluding hydrogens is 220 g/mol. The van der Waals surface area contributed by atoms with Crippen molar-refractivity contribution in [3.63, 3.8) is 0 Å². The smallest absolute Gasteiger partial charge is 0.211 e.